The Morgan fingerprint density at radius 1 is 0.970 bits per heavy atom. The number of ether oxygens (including phenoxy) is 1. The number of nitrogens with one attached hydrogen (secondary N) is 2. The first kappa shape index (κ1) is 24.1. The monoisotopic (exact) mass is 478 g/mol. The molecule has 3 rings (SSSR count). The number of halogens is 3. The predicted octanol–water partition coefficient (Wildman–Crippen LogP) is 5.30. The topological polar surface area (TPSA) is 84.5 Å². The molecule has 0 saturated carbocycles. The van der Waals surface area contributed by atoms with Crippen LogP contribution in [0.3, 0.4) is 0 Å². The lowest BCUT2D eigenvalue weighted by Gasteiger charge is -2.15. The third kappa shape index (κ3) is 6.48. The van der Waals surface area contributed by atoms with E-state index in [1.807, 2.05) is 13.0 Å². The molecule has 10 heteroatoms. The number of hydrogen-bond donors (Lipinski definition) is 2. The van der Waals surface area contributed by atoms with Crippen molar-refractivity contribution in [3.8, 4) is 5.75 Å². The second-order valence-electron chi connectivity index (χ2n) is 7.31. The number of benzene rings is 3. The summed E-state index contributed by atoms with van der Waals surface area (Å²) in [6.45, 7) is 1.92. The number of amides is 1. The van der Waals surface area contributed by atoms with Crippen LogP contribution in [0.15, 0.2) is 71.6 Å². The van der Waals surface area contributed by atoms with Gasteiger partial charge in [-0.15, -0.1) is 0 Å². The van der Waals surface area contributed by atoms with Gasteiger partial charge in [-0.1, -0.05) is 30.3 Å². The maximum absolute atomic E-state index is 12.9. The Labute approximate surface area is 189 Å². The second kappa shape index (κ2) is 9.53. The molecular weight excluding hydrogens is 457 g/mol. The van der Waals surface area contributed by atoms with Crippen molar-refractivity contribution < 1.29 is 31.1 Å². The molecule has 2 N–H and O–H groups in total. The Hall–Kier alpha value is -3.53. The zero-order valence-corrected chi connectivity index (χ0v) is 18.5. The first-order chi connectivity index (χ1) is 15.4. The van der Waals surface area contributed by atoms with E-state index in [0.29, 0.717) is 11.3 Å². The minimum absolute atomic E-state index is 0.0253. The highest BCUT2D eigenvalue weighted by Gasteiger charge is 2.29. The first-order valence-electron chi connectivity index (χ1n) is 9.75. The molecule has 33 heavy (non-hydrogen) atoms. The highest BCUT2D eigenvalue weighted by Crippen LogP contribution is 2.28. The van der Waals surface area contributed by atoms with Gasteiger partial charge < -0.3 is 10.1 Å². The van der Waals surface area contributed by atoms with Crippen LogP contribution in [0, 0.1) is 13.8 Å². The van der Waals surface area contributed by atoms with Crippen LogP contribution < -0.4 is 14.8 Å². The third-order valence-electron chi connectivity index (χ3n) is 4.56. The van der Waals surface area contributed by atoms with E-state index in [4.69, 9.17) is 4.74 Å². The van der Waals surface area contributed by atoms with E-state index in [1.165, 1.54) is 42.5 Å². The van der Waals surface area contributed by atoms with E-state index in [-0.39, 0.29) is 21.9 Å². The molecule has 0 unspecified atom stereocenters. The van der Waals surface area contributed by atoms with Gasteiger partial charge in [-0.3, -0.25) is 9.52 Å². The minimum atomic E-state index is -4.54. The molecule has 0 saturated heterocycles. The number of aryl methyl sites for hydroxylation is 2. The van der Waals surface area contributed by atoms with Crippen LogP contribution in [0.4, 0.5) is 24.5 Å². The van der Waals surface area contributed by atoms with Crippen LogP contribution in [0.5, 0.6) is 5.75 Å². The number of para-hydroxylation sites is 2. The smallest absolute Gasteiger partial charge is 0.422 e. The maximum atomic E-state index is 12.9. The van der Waals surface area contributed by atoms with Gasteiger partial charge in [0.1, 0.15) is 5.75 Å². The number of rotatable bonds is 7. The van der Waals surface area contributed by atoms with Gasteiger partial charge in [0, 0.05) is 11.3 Å². The van der Waals surface area contributed by atoms with Gasteiger partial charge in [0.25, 0.3) is 15.9 Å². The quantitative estimate of drug-likeness (QED) is 0.483. The average molecular weight is 478 g/mol. The second-order valence-corrected chi connectivity index (χ2v) is 8.99. The molecule has 0 aliphatic rings. The van der Waals surface area contributed by atoms with Crippen molar-refractivity contribution >= 4 is 27.3 Å². The summed E-state index contributed by atoms with van der Waals surface area (Å²) in [7, 11) is -3.99. The Morgan fingerprint density at radius 3 is 2.39 bits per heavy atom. The molecule has 0 heterocycles. The van der Waals surface area contributed by atoms with E-state index in [0.717, 1.165) is 5.56 Å². The summed E-state index contributed by atoms with van der Waals surface area (Å²) >= 11 is 0. The molecule has 0 atom stereocenters. The summed E-state index contributed by atoms with van der Waals surface area (Å²) in [6.07, 6.45) is -4.54. The maximum Gasteiger partial charge on any atom is 0.422 e. The number of carbonyl (C=O) groups is 1. The largest absolute Gasteiger partial charge is 0.482 e. The van der Waals surface area contributed by atoms with Gasteiger partial charge in [0.15, 0.2) is 6.61 Å². The number of alkyl halides is 3. The SMILES string of the molecule is Cc1cccc(NS(=O)(=O)c2ccc(C)c(C(=O)Nc3ccccc3OCC(F)(F)F)c2)c1. The van der Waals surface area contributed by atoms with Crippen LogP contribution in [0.2, 0.25) is 0 Å². The summed E-state index contributed by atoms with van der Waals surface area (Å²) in [5, 5.41) is 2.49. The van der Waals surface area contributed by atoms with Gasteiger partial charge in [0.05, 0.1) is 10.6 Å². The fourth-order valence-corrected chi connectivity index (χ4v) is 4.06. The fraction of sp³-hybridized carbons (Fsp3) is 0.174. The van der Waals surface area contributed by atoms with Crippen LogP contribution in [-0.2, 0) is 10.0 Å². The lowest BCUT2D eigenvalue weighted by atomic mass is 10.1. The molecule has 174 valence electrons. The molecule has 0 bridgehead atoms. The molecule has 0 aliphatic heterocycles. The average Bonchev–Trinajstić information content (AvgIpc) is 2.72. The van der Waals surface area contributed by atoms with E-state index in [2.05, 4.69) is 10.0 Å². The normalized spacial score (nSPS) is 11.7. The van der Waals surface area contributed by atoms with E-state index in [1.54, 1.807) is 25.1 Å². The van der Waals surface area contributed by atoms with Gasteiger partial charge >= 0.3 is 6.18 Å². The van der Waals surface area contributed by atoms with Crippen LogP contribution >= 0.6 is 0 Å². The molecule has 1 amide bonds. The van der Waals surface area contributed by atoms with E-state index >= 15 is 0 Å². The molecule has 6 nitrogen and oxygen atoms in total. The number of anilines is 2. The lowest BCUT2D eigenvalue weighted by Crippen LogP contribution is -2.21. The zero-order chi connectivity index (χ0) is 24.2. The molecule has 0 fully saturated rings. The Balaban J connectivity index is 1.85. The van der Waals surface area contributed by atoms with Gasteiger partial charge in [-0.2, -0.15) is 13.2 Å². The van der Waals surface area contributed by atoms with Crippen molar-refractivity contribution in [1.29, 1.82) is 0 Å². The summed E-state index contributed by atoms with van der Waals surface area (Å²) < 4.78 is 70.4. The summed E-state index contributed by atoms with van der Waals surface area (Å²) in [5.74, 6) is -0.853. The van der Waals surface area contributed by atoms with Crippen molar-refractivity contribution in [2.24, 2.45) is 0 Å². The lowest BCUT2D eigenvalue weighted by molar-refractivity contribution is -0.153. The molecule has 0 radical (unpaired) electrons. The van der Waals surface area contributed by atoms with Gasteiger partial charge in [0.2, 0.25) is 0 Å². The third-order valence-corrected chi connectivity index (χ3v) is 5.94. The van der Waals surface area contributed by atoms with Crippen molar-refractivity contribution in [2.45, 2.75) is 24.9 Å². The summed E-state index contributed by atoms with van der Waals surface area (Å²) in [4.78, 5) is 12.7. The van der Waals surface area contributed by atoms with Crippen LogP contribution in [-0.4, -0.2) is 27.1 Å². The van der Waals surface area contributed by atoms with E-state index < -0.39 is 28.7 Å². The minimum Gasteiger partial charge on any atom is -0.482 e. The van der Waals surface area contributed by atoms with E-state index in [9.17, 15) is 26.4 Å². The zero-order valence-electron chi connectivity index (χ0n) is 17.7. The molecule has 3 aromatic carbocycles. The molecule has 3 aromatic rings. The van der Waals surface area contributed by atoms with Gasteiger partial charge in [-0.25, -0.2) is 8.42 Å². The Bertz CT molecular complexity index is 1270. The van der Waals surface area contributed by atoms with Crippen LogP contribution in [0.25, 0.3) is 0 Å². The number of hydrogen-bond acceptors (Lipinski definition) is 4. The highest BCUT2D eigenvalue weighted by molar-refractivity contribution is 7.92. The summed E-state index contributed by atoms with van der Waals surface area (Å²) in [5.41, 5.74) is 1.80. The van der Waals surface area contributed by atoms with Crippen molar-refractivity contribution in [3.63, 3.8) is 0 Å². The highest BCUT2D eigenvalue weighted by atomic mass is 32.2. The first-order valence-corrected chi connectivity index (χ1v) is 11.2. The molecule has 0 spiro atoms. The Kier molecular flexibility index (Phi) is 6.97. The molecule has 0 aromatic heterocycles. The number of sulfonamides is 1. The van der Waals surface area contributed by atoms with Crippen molar-refractivity contribution in [2.75, 3.05) is 16.6 Å². The standard InChI is InChI=1S/C23H21F3N2O4S/c1-15-6-5-7-17(12-15)28-33(30,31)18-11-10-16(2)19(13-18)22(29)27-20-8-3-4-9-21(20)32-14-23(24,25)26/h3-13,28H,14H2,1-2H3,(H,27,29). The van der Waals surface area contributed by atoms with Crippen LogP contribution in [0.1, 0.15) is 21.5 Å². The molecular formula is C23H21F3N2O4S. The number of carbonyl (C=O) groups excluding carboxylic acids is 1. The van der Waals surface area contributed by atoms with Crippen molar-refractivity contribution in [1.82, 2.24) is 0 Å². The predicted molar refractivity (Wildman–Crippen MR) is 119 cm³/mol. The van der Waals surface area contributed by atoms with Crippen molar-refractivity contribution in [3.05, 3.63) is 83.4 Å². The molecule has 0 aliphatic carbocycles. The fourth-order valence-electron chi connectivity index (χ4n) is 2.98. The Morgan fingerprint density at radius 2 is 1.70 bits per heavy atom. The van der Waals surface area contributed by atoms with Gasteiger partial charge in [-0.05, 0) is 61.4 Å². The summed E-state index contributed by atoms with van der Waals surface area (Å²) in [6, 6.07) is 16.5.